The van der Waals surface area contributed by atoms with E-state index in [-0.39, 0.29) is 12.7 Å². The predicted molar refractivity (Wildman–Crippen MR) is 57.3 cm³/mol. The zero-order valence-electron chi connectivity index (χ0n) is 9.07. The molecule has 1 atom stereocenters. The van der Waals surface area contributed by atoms with E-state index < -0.39 is 0 Å². The Morgan fingerprint density at radius 2 is 2.13 bits per heavy atom. The molecule has 0 aliphatic heterocycles. The molecule has 1 rings (SSSR count). The predicted octanol–water partition coefficient (Wildman–Crippen LogP) is 1.02. The molecule has 0 saturated heterocycles. The first-order chi connectivity index (χ1) is 7.26. The van der Waals surface area contributed by atoms with Crippen molar-refractivity contribution in [1.82, 2.24) is 5.32 Å². The van der Waals surface area contributed by atoms with E-state index in [1.54, 1.807) is 6.07 Å². The first-order valence-electron chi connectivity index (χ1n) is 5.33. The van der Waals surface area contributed by atoms with Crippen molar-refractivity contribution in [2.45, 2.75) is 39.0 Å². The minimum atomic E-state index is -0.290. The van der Waals surface area contributed by atoms with Crippen LogP contribution in [-0.2, 0) is 13.2 Å². The lowest BCUT2D eigenvalue weighted by atomic mass is 10.2. The fourth-order valence-corrected chi connectivity index (χ4v) is 1.40. The van der Waals surface area contributed by atoms with Crippen molar-refractivity contribution in [3.8, 4) is 0 Å². The van der Waals surface area contributed by atoms with E-state index in [1.807, 2.05) is 13.0 Å². The van der Waals surface area contributed by atoms with Crippen LogP contribution < -0.4 is 5.32 Å². The molecule has 86 valence electrons. The summed E-state index contributed by atoms with van der Waals surface area (Å²) in [5.41, 5.74) is 0. The van der Waals surface area contributed by atoms with Gasteiger partial charge in [-0.25, -0.2) is 0 Å². The van der Waals surface area contributed by atoms with Crippen molar-refractivity contribution in [1.29, 1.82) is 0 Å². The molecule has 0 saturated carbocycles. The lowest BCUT2D eigenvalue weighted by Gasteiger charge is -2.09. The third-order valence-corrected chi connectivity index (χ3v) is 2.17. The highest BCUT2D eigenvalue weighted by molar-refractivity contribution is 5.05. The van der Waals surface area contributed by atoms with Gasteiger partial charge in [0, 0.05) is 6.54 Å². The maximum atomic E-state index is 9.45. The van der Waals surface area contributed by atoms with E-state index in [9.17, 15) is 5.11 Å². The highest BCUT2D eigenvalue weighted by Gasteiger charge is 2.03. The molecule has 4 heteroatoms. The van der Waals surface area contributed by atoms with Gasteiger partial charge in [-0.2, -0.15) is 0 Å². The summed E-state index contributed by atoms with van der Waals surface area (Å²) in [6.07, 6.45) is 1.51. The summed E-state index contributed by atoms with van der Waals surface area (Å²) < 4.78 is 5.28. The number of aliphatic hydroxyl groups is 2. The Labute approximate surface area is 89.9 Å². The molecule has 0 fully saturated rings. The van der Waals surface area contributed by atoms with E-state index in [1.165, 1.54) is 0 Å². The van der Waals surface area contributed by atoms with Gasteiger partial charge in [0.05, 0.1) is 12.6 Å². The number of furan rings is 1. The van der Waals surface area contributed by atoms with Gasteiger partial charge in [-0.3, -0.25) is 0 Å². The lowest BCUT2D eigenvalue weighted by molar-refractivity contribution is 0.159. The number of hydrogen-bond acceptors (Lipinski definition) is 4. The fourth-order valence-electron chi connectivity index (χ4n) is 1.40. The van der Waals surface area contributed by atoms with Crippen molar-refractivity contribution >= 4 is 0 Å². The van der Waals surface area contributed by atoms with Gasteiger partial charge >= 0.3 is 0 Å². The summed E-state index contributed by atoms with van der Waals surface area (Å²) in [6, 6.07) is 3.57. The minimum Gasteiger partial charge on any atom is -0.462 e. The van der Waals surface area contributed by atoms with Crippen LogP contribution in [-0.4, -0.2) is 22.9 Å². The topological polar surface area (TPSA) is 65.6 Å². The third-order valence-electron chi connectivity index (χ3n) is 2.17. The molecule has 0 aromatic carbocycles. The smallest absolute Gasteiger partial charge is 0.129 e. The molecule has 0 radical (unpaired) electrons. The van der Waals surface area contributed by atoms with Crippen molar-refractivity contribution in [2.75, 3.05) is 6.54 Å². The van der Waals surface area contributed by atoms with Crippen LogP contribution in [0.15, 0.2) is 16.5 Å². The Balaban J connectivity index is 2.19. The van der Waals surface area contributed by atoms with Crippen molar-refractivity contribution in [2.24, 2.45) is 0 Å². The second-order valence-electron chi connectivity index (χ2n) is 3.60. The van der Waals surface area contributed by atoms with Gasteiger partial charge in [0.15, 0.2) is 0 Å². The molecule has 4 nitrogen and oxygen atoms in total. The zero-order chi connectivity index (χ0) is 11.1. The molecule has 1 aromatic heterocycles. The monoisotopic (exact) mass is 213 g/mol. The fraction of sp³-hybridized carbons (Fsp3) is 0.636. The lowest BCUT2D eigenvalue weighted by Crippen LogP contribution is -2.25. The maximum absolute atomic E-state index is 9.45. The highest BCUT2D eigenvalue weighted by atomic mass is 16.4. The van der Waals surface area contributed by atoms with Crippen molar-refractivity contribution in [3.63, 3.8) is 0 Å². The van der Waals surface area contributed by atoms with E-state index in [0.29, 0.717) is 18.8 Å². The number of nitrogens with one attached hydrogen (secondary N) is 1. The second kappa shape index (κ2) is 6.61. The van der Waals surface area contributed by atoms with Crippen LogP contribution >= 0.6 is 0 Å². The average molecular weight is 213 g/mol. The van der Waals surface area contributed by atoms with Crippen LogP contribution in [0.4, 0.5) is 0 Å². The van der Waals surface area contributed by atoms with Gasteiger partial charge in [-0.15, -0.1) is 0 Å². The average Bonchev–Trinajstić information content (AvgIpc) is 2.66. The van der Waals surface area contributed by atoms with E-state index >= 15 is 0 Å². The number of aliphatic hydroxyl groups excluding tert-OH is 2. The largest absolute Gasteiger partial charge is 0.462 e. The standard InChI is InChI=1S/C11H19NO3/c1-2-3-9(14)6-12-7-10-4-5-11(8-13)15-10/h4-5,9,12-14H,2-3,6-8H2,1H3. The van der Waals surface area contributed by atoms with Crippen molar-refractivity contribution in [3.05, 3.63) is 23.7 Å². The molecule has 1 aromatic rings. The van der Waals surface area contributed by atoms with Crippen LogP contribution in [0.1, 0.15) is 31.3 Å². The van der Waals surface area contributed by atoms with Gasteiger partial charge in [0.1, 0.15) is 18.1 Å². The molecule has 0 bridgehead atoms. The molecular formula is C11H19NO3. The van der Waals surface area contributed by atoms with E-state index in [0.717, 1.165) is 18.6 Å². The van der Waals surface area contributed by atoms with Gasteiger partial charge in [0.25, 0.3) is 0 Å². The molecule has 0 aliphatic carbocycles. The molecule has 0 amide bonds. The van der Waals surface area contributed by atoms with Crippen LogP contribution in [0.5, 0.6) is 0 Å². The summed E-state index contributed by atoms with van der Waals surface area (Å²) in [4.78, 5) is 0. The Morgan fingerprint density at radius 1 is 1.40 bits per heavy atom. The summed E-state index contributed by atoms with van der Waals surface area (Å²) in [5.74, 6) is 1.35. The first kappa shape index (κ1) is 12.2. The Bertz CT molecular complexity index is 273. The Hall–Kier alpha value is -0.840. The van der Waals surface area contributed by atoms with Gasteiger partial charge < -0.3 is 19.9 Å². The van der Waals surface area contributed by atoms with Gasteiger partial charge in [-0.1, -0.05) is 13.3 Å². The summed E-state index contributed by atoms with van der Waals surface area (Å²) in [5, 5.41) is 21.3. The molecule has 1 heterocycles. The summed E-state index contributed by atoms with van der Waals surface area (Å²) in [6.45, 7) is 3.13. The van der Waals surface area contributed by atoms with E-state index in [2.05, 4.69) is 5.32 Å². The quantitative estimate of drug-likeness (QED) is 0.632. The third kappa shape index (κ3) is 4.46. The molecule has 1 unspecified atom stereocenters. The SMILES string of the molecule is CCCC(O)CNCc1ccc(CO)o1. The van der Waals surface area contributed by atoms with Gasteiger partial charge in [0.2, 0.25) is 0 Å². The highest BCUT2D eigenvalue weighted by Crippen LogP contribution is 2.07. The summed E-state index contributed by atoms with van der Waals surface area (Å²) in [7, 11) is 0. The maximum Gasteiger partial charge on any atom is 0.129 e. The number of rotatable bonds is 7. The van der Waals surface area contributed by atoms with Crippen LogP contribution in [0.2, 0.25) is 0 Å². The van der Waals surface area contributed by atoms with Crippen LogP contribution in [0, 0.1) is 0 Å². The van der Waals surface area contributed by atoms with Crippen LogP contribution in [0.3, 0.4) is 0 Å². The molecule has 3 N–H and O–H groups in total. The molecule has 0 spiro atoms. The zero-order valence-corrected chi connectivity index (χ0v) is 9.07. The van der Waals surface area contributed by atoms with Gasteiger partial charge in [-0.05, 0) is 18.6 Å². The molecule has 0 aliphatic rings. The Morgan fingerprint density at radius 3 is 2.73 bits per heavy atom. The normalized spacial score (nSPS) is 13.0. The van der Waals surface area contributed by atoms with Crippen molar-refractivity contribution < 1.29 is 14.6 Å². The summed E-state index contributed by atoms with van der Waals surface area (Å²) >= 11 is 0. The first-order valence-corrected chi connectivity index (χ1v) is 5.33. The second-order valence-corrected chi connectivity index (χ2v) is 3.60. The molecule has 15 heavy (non-hydrogen) atoms. The Kier molecular flexibility index (Phi) is 5.39. The minimum absolute atomic E-state index is 0.0710. The number of hydrogen-bond donors (Lipinski definition) is 3. The van der Waals surface area contributed by atoms with E-state index in [4.69, 9.17) is 9.52 Å². The van der Waals surface area contributed by atoms with Crippen LogP contribution in [0.25, 0.3) is 0 Å². The molecular weight excluding hydrogens is 194 g/mol.